The van der Waals surface area contributed by atoms with Crippen molar-refractivity contribution in [2.45, 2.75) is 44.6 Å². The minimum absolute atomic E-state index is 0.455. The van der Waals surface area contributed by atoms with Gasteiger partial charge in [0.1, 0.15) is 0 Å². The van der Waals surface area contributed by atoms with Gasteiger partial charge in [-0.15, -0.1) is 0 Å². The zero-order valence-corrected chi connectivity index (χ0v) is 11.4. The van der Waals surface area contributed by atoms with Crippen LogP contribution in [0.3, 0.4) is 0 Å². The van der Waals surface area contributed by atoms with Gasteiger partial charge in [0.25, 0.3) is 0 Å². The van der Waals surface area contributed by atoms with Crippen molar-refractivity contribution in [3.05, 3.63) is 35.9 Å². The van der Waals surface area contributed by atoms with E-state index in [4.69, 9.17) is 0 Å². The van der Waals surface area contributed by atoms with Crippen LogP contribution in [0.2, 0.25) is 0 Å². The zero-order chi connectivity index (χ0) is 12.8. The predicted octanol–water partition coefficient (Wildman–Crippen LogP) is 2.76. The van der Waals surface area contributed by atoms with E-state index in [2.05, 4.69) is 36.5 Å². The molecular weight excluding hydrogens is 222 g/mol. The Labute approximate surface area is 110 Å². The molecule has 0 unspecified atom stereocenters. The van der Waals surface area contributed by atoms with Gasteiger partial charge in [0.15, 0.2) is 0 Å². The SMILES string of the molecule is CC1CCC(O)(CNCCc2ccccc2)CC1. The normalized spacial score (nSPS) is 28.2. The molecular formula is C16H25NO. The van der Waals surface area contributed by atoms with Crippen LogP contribution in [-0.2, 0) is 6.42 Å². The fourth-order valence-electron chi connectivity index (χ4n) is 2.67. The Balaban J connectivity index is 1.66. The highest BCUT2D eigenvalue weighted by Gasteiger charge is 2.30. The number of rotatable bonds is 5. The van der Waals surface area contributed by atoms with E-state index >= 15 is 0 Å². The van der Waals surface area contributed by atoms with Crippen LogP contribution in [0.15, 0.2) is 30.3 Å². The zero-order valence-electron chi connectivity index (χ0n) is 11.4. The average molecular weight is 247 g/mol. The minimum atomic E-state index is -0.455. The Morgan fingerprint density at radius 2 is 1.89 bits per heavy atom. The van der Waals surface area contributed by atoms with Crippen molar-refractivity contribution < 1.29 is 5.11 Å². The van der Waals surface area contributed by atoms with E-state index in [1.54, 1.807) is 0 Å². The molecule has 0 radical (unpaired) electrons. The van der Waals surface area contributed by atoms with E-state index in [1.807, 2.05) is 6.07 Å². The second kappa shape index (κ2) is 6.35. The molecule has 18 heavy (non-hydrogen) atoms. The van der Waals surface area contributed by atoms with Gasteiger partial charge in [-0.3, -0.25) is 0 Å². The van der Waals surface area contributed by atoms with Gasteiger partial charge >= 0.3 is 0 Å². The Bertz CT molecular complexity index is 341. The molecule has 2 N–H and O–H groups in total. The number of hydrogen-bond donors (Lipinski definition) is 2. The molecule has 1 aliphatic rings. The Hall–Kier alpha value is -0.860. The molecule has 2 heteroatoms. The summed E-state index contributed by atoms with van der Waals surface area (Å²) in [5.41, 5.74) is 0.901. The summed E-state index contributed by atoms with van der Waals surface area (Å²) in [6.07, 6.45) is 5.26. The summed E-state index contributed by atoms with van der Waals surface area (Å²) >= 11 is 0. The van der Waals surface area contributed by atoms with Crippen molar-refractivity contribution in [3.8, 4) is 0 Å². The van der Waals surface area contributed by atoms with Crippen LogP contribution in [-0.4, -0.2) is 23.8 Å². The molecule has 2 nitrogen and oxygen atoms in total. The van der Waals surface area contributed by atoms with Crippen LogP contribution >= 0.6 is 0 Å². The third-order valence-corrected chi connectivity index (χ3v) is 4.09. The Morgan fingerprint density at radius 3 is 2.56 bits per heavy atom. The Morgan fingerprint density at radius 1 is 1.22 bits per heavy atom. The number of benzene rings is 1. The van der Waals surface area contributed by atoms with Gasteiger partial charge < -0.3 is 10.4 Å². The summed E-state index contributed by atoms with van der Waals surface area (Å²) < 4.78 is 0. The summed E-state index contributed by atoms with van der Waals surface area (Å²) in [4.78, 5) is 0. The molecule has 1 aromatic rings. The van der Waals surface area contributed by atoms with E-state index in [9.17, 15) is 5.11 Å². The van der Waals surface area contributed by atoms with Gasteiger partial charge in [-0.1, -0.05) is 37.3 Å². The van der Waals surface area contributed by atoms with Crippen molar-refractivity contribution in [1.82, 2.24) is 5.32 Å². The lowest BCUT2D eigenvalue weighted by Gasteiger charge is -2.35. The highest BCUT2D eigenvalue weighted by atomic mass is 16.3. The molecule has 0 atom stereocenters. The highest BCUT2D eigenvalue weighted by molar-refractivity contribution is 5.14. The van der Waals surface area contributed by atoms with Gasteiger partial charge in [0.05, 0.1) is 5.60 Å². The Kier molecular flexibility index (Phi) is 4.79. The summed E-state index contributed by atoms with van der Waals surface area (Å²) in [6, 6.07) is 10.5. The largest absolute Gasteiger partial charge is 0.389 e. The van der Waals surface area contributed by atoms with E-state index < -0.39 is 5.60 Å². The fraction of sp³-hybridized carbons (Fsp3) is 0.625. The second-order valence-corrected chi connectivity index (χ2v) is 5.82. The molecule has 1 aliphatic carbocycles. The molecule has 0 spiro atoms. The lowest BCUT2D eigenvalue weighted by molar-refractivity contribution is -0.00583. The third kappa shape index (κ3) is 4.11. The van der Waals surface area contributed by atoms with E-state index in [1.165, 1.54) is 5.56 Å². The lowest BCUT2D eigenvalue weighted by atomic mass is 9.79. The highest BCUT2D eigenvalue weighted by Crippen LogP contribution is 2.31. The molecule has 1 aromatic carbocycles. The third-order valence-electron chi connectivity index (χ3n) is 4.09. The maximum absolute atomic E-state index is 10.4. The first kappa shape index (κ1) is 13.6. The van der Waals surface area contributed by atoms with Crippen LogP contribution < -0.4 is 5.32 Å². The van der Waals surface area contributed by atoms with Crippen molar-refractivity contribution in [3.63, 3.8) is 0 Å². The molecule has 0 amide bonds. The first-order valence-corrected chi connectivity index (χ1v) is 7.15. The van der Waals surface area contributed by atoms with E-state index in [0.29, 0.717) is 0 Å². The van der Waals surface area contributed by atoms with Gasteiger partial charge in [0.2, 0.25) is 0 Å². The van der Waals surface area contributed by atoms with Gasteiger partial charge in [-0.2, -0.15) is 0 Å². The standard InChI is InChI=1S/C16H25NO/c1-14-7-10-16(18,11-8-14)13-17-12-9-15-5-3-2-4-6-15/h2-6,14,17-18H,7-13H2,1H3. The maximum atomic E-state index is 10.4. The van der Waals surface area contributed by atoms with Crippen molar-refractivity contribution in [2.24, 2.45) is 5.92 Å². The smallest absolute Gasteiger partial charge is 0.0771 e. The van der Waals surface area contributed by atoms with Crippen LogP contribution in [0.1, 0.15) is 38.2 Å². The first-order valence-electron chi connectivity index (χ1n) is 7.15. The van der Waals surface area contributed by atoms with E-state index in [-0.39, 0.29) is 0 Å². The first-order chi connectivity index (χ1) is 8.68. The summed E-state index contributed by atoms with van der Waals surface area (Å²) in [7, 11) is 0. The van der Waals surface area contributed by atoms with Gasteiger partial charge in [-0.05, 0) is 50.1 Å². The fourth-order valence-corrected chi connectivity index (χ4v) is 2.67. The topological polar surface area (TPSA) is 32.3 Å². The van der Waals surface area contributed by atoms with Crippen LogP contribution in [0.25, 0.3) is 0 Å². The quantitative estimate of drug-likeness (QED) is 0.784. The van der Waals surface area contributed by atoms with Crippen molar-refractivity contribution >= 4 is 0 Å². The molecule has 1 fully saturated rings. The summed E-state index contributed by atoms with van der Waals surface area (Å²) in [5, 5.41) is 13.8. The van der Waals surface area contributed by atoms with Gasteiger partial charge in [0, 0.05) is 6.54 Å². The molecule has 0 aliphatic heterocycles. The number of hydrogen-bond acceptors (Lipinski definition) is 2. The molecule has 0 aromatic heterocycles. The summed E-state index contributed by atoms with van der Waals surface area (Å²) in [5.74, 6) is 0.787. The van der Waals surface area contributed by atoms with Gasteiger partial charge in [-0.25, -0.2) is 0 Å². The molecule has 0 saturated heterocycles. The van der Waals surface area contributed by atoms with Crippen LogP contribution in [0.4, 0.5) is 0 Å². The van der Waals surface area contributed by atoms with Crippen LogP contribution in [0, 0.1) is 5.92 Å². The van der Waals surface area contributed by atoms with E-state index in [0.717, 1.165) is 51.1 Å². The lowest BCUT2D eigenvalue weighted by Crippen LogP contribution is -2.43. The molecule has 2 rings (SSSR count). The van der Waals surface area contributed by atoms with Crippen molar-refractivity contribution in [1.29, 1.82) is 0 Å². The molecule has 0 bridgehead atoms. The monoisotopic (exact) mass is 247 g/mol. The number of aliphatic hydroxyl groups is 1. The predicted molar refractivity (Wildman–Crippen MR) is 75.6 cm³/mol. The molecule has 100 valence electrons. The minimum Gasteiger partial charge on any atom is -0.389 e. The second-order valence-electron chi connectivity index (χ2n) is 5.82. The molecule has 0 heterocycles. The maximum Gasteiger partial charge on any atom is 0.0771 e. The van der Waals surface area contributed by atoms with Crippen molar-refractivity contribution in [2.75, 3.05) is 13.1 Å². The van der Waals surface area contributed by atoms with Crippen LogP contribution in [0.5, 0.6) is 0 Å². The summed E-state index contributed by atoms with van der Waals surface area (Å²) in [6.45, 7) is 3.97. The number of nitrogens with one attached hydrogen (secondary N) is 1. The average Bonchev–Trinajstić information content (AvgIpc) is 2.40. The molecule has 1 saturated carbocycles.